The Morgan fingerprint density at radius 1 is 1.47 bits per heavy atom. The molecule has 0 spiro atoms. The number of aryl methyl sites for hydroxylation is 1. The number of rotatable bonds is 3. The third kappa shape index (κ3) is 2.66. The van der Waals surface area contributed by atoms with Gasteiger partial charge in [0.05, 0.1) is 6.20 Å². The number of likely N-dealkylation sites (tertiary alicyclic amines) is 1. The molecule has 1 aromatic heterocycles. The van der Waals surface area contributed by atoms with Crippen LogP contribution < -0.4 is 5.32 Å². The van der Waals surface area contributed by atoms with E-state index in [9.17, 15) is 4.79 Å². The third-order valence-corrected chi connectivity index (χ3v) is 4.42. The fourth-order valence-electron chi connectivity index (χ4n) is 3.39. The minimum absolute atomic E-state index is 0.340. The summed E-state index contributed by atoms with van der Waals surface area (Å²) < 4.78 is 1.82. The zero-order valence-corrected chi connectivity index (χ0v) is 11.5. The molecule has 104 valence electrons. The van der Waals surface area contributed by atoms with Gasteiger partial charge in [0, 0.05) is 32.3 Å². The van der Waals surface area contributed by atoms with Crippen molar-refractivity contribution < 1.29 is 4.79 Å². The molecule has 2 fully saturated rings. The lowest BCUT2D eigenvalue weighted by atomic mass is 9.84. The van der Waals surface area contributed by atoms with Crippen molar-refractivity contribution in [3.8, 4) is 0 Å². The molecule has 2 saturated heterocycles. The van der Waals surface area contributed by atoms with Crippen molar-refractivity contribution in [1.29, 1.82) is 0 Å². The number of amides is 1. The van der Waals surface area contributed by atoms with Gasteiger partial charge in [-0.2, -0.15) is 5.10 Å². The van der Waals surface area contributed by atoms with Crippen LogP contribution in [0.1, 0.15) is 24.8 Å². The molecule has 2 unspecified atom stereocenters. The molecule has 2 aliphatic heterocycles. The Labute approximate surface area is 114 Å². The maximum atomic E-state index is 12.2. The van der Waals surface area contributed by atoms with Crippen LogP contribution in [0, 0.1) is 5.92 Å². The summed E-state index contributed by atoms with van der Waals surface area (Å²) in [5.74, 6) is 0.993. The van der Waals surface area contributed by atoms with Gasteiger partial charge in [-0.1, -0.05) is 0 Å². The van der Waals surface area contributed by atoms with E-state index in [1.54, 1.807) is 0 Å². The number of hydrogen-bond donors (Lipinski definition) is 1. The third-order valence-electron chi connectivity index (χ3n) is 4.42. The molecule has 2 atom stereocenters. The van der Waals surface area contributed by atoms with Crippen molar-refractivity contribution in [3.63, 3.8) is 0 Å². The molecular weight excluding hydrogens is 240 g/mol. The largest absolute Gasteiger partial charge is 0.339 e. The van der Waals surface area contributed by atoms with E-state index in [0.29, 0.717) is 17.9 Å². The van der Waals surface area contributed by atoms with Crippen molar-refractivity contribution in [2.24, 2.45) is 13.0 Å². The molecule has 5 heteroatoms. The van der Waals surface area contributed by atoms with Crippen LogP contribution in [0.3, 0.4) is 0 Å². The molecule has 5 nitrogen and oxygen atoms in total. The summed E-state index contributed by atoms with van der Waals surface area (Å²) in [7, 11) is 1.93. The molecule has 0 aromatic carbocycles. The lowest BCUT2D eigenvalue weighted by Gasteiger charge is -2.44. The Bertz CT molecular complexity index is 456. The number of hydrogen-bond acceptors (Lipinski definition) is 3. The first-order valence-electron chi connectivity index (χ1n) is 7.22. The predicted octanol–water partition coefficient (Wildman–Crippen LogP) is 0.563. The normalized spacial score (nSPS) is 27.4. The number of nitrogens with one attached hydrogen (secondary N) is 1. The van der Waals surface area contributed by atoms with Gasteiger partial charge in [0.15, 0.2) is 0 Å². The minimum Gasteiger partial charge on any atom is -0.339 e. The quantitative estimate of drug-likeness (QED) is 0.866. The SMILES string of the molecule is Cn1cc(CCN2C(=O)CCC3CNCCC32)cn1. The van der Waals surface area contributed by atoms with Crippen molar-refractivity contribution in [2.75, 3.05) is 19.6 Å². The summed E-state index contributed by atoms with van der Waals surface area (Å²) in [4.78, 5) is 14.3. The highest BCUT2D eigenvalue weighted by atomic mass is 16.2. The van der Waals surface area contributed by atoms with Gasteiger partial charge in [-0.3, -0.25) is 9.48 Å². The Hall–Kier alpha value is -1.36. The standard InChI is InChI=1S/C14H22N4O/c1-17-10-11(8-16-17)5-7-18-13-4-6-15-9-12(13)2-3-14(18)19/h8,10,12-13,15H,2-7,9H2,1H3. The Balaban J connectivity index is 1.65. The van der Waals surface area contributed by atoms with E-state index in [1.165, 1.54) is 5.56 Å². The lowest BCUT2D eigenvalue weighted by molar-refractivity contribution is -0.139. The Kier molecular flexibility index (Phi) is 3.55. The van der Waals surface area contributed by atoms with E-state index in [1.807, 2.05) is 24.1 Å². The number of nitrogens with zero attached hydrogens (tertiary/aromatic N) is 3. The molecule has 0 aliphatic carbocycles. The molecule has 1 N–H and O–H groups in total. The number of piperidine rings is 2. The fraction of sp³-hybridized carbons (Fsp3) is 0.714. The van der Waals surface area contributed by atoms with Crippen LogP contribution >= 0.6 is 0 Å². The van der Waals surface area contributed by atoms with E-state index in [4.69, 9.17) is 0 Å². The summed E-state index contributed by atoms with van der Waals surface area (Å²) in [6, 6.07) is 0.458. The number of fused-ring (bicyclic) bond motifs is 1. The second-order valence-corrected chi connectivity index (χ2v) is 5.72. The zero-order chi connectivity index (χ0) is 13.2. The summed E-state index contributed by atoms with van der Waals surface area (Å²) >= 11 is 0. The van der Waals surface area contributed by atoms with Gasteiger partial charge in [-0.15, -0.1) is 0 Å². The molecule has 0 saturated carbocycles. The highest BCUT2D eigenvalue weighted by molar-refractivity contribution is 5.77. The first-order valence-corrected chi connectivity index (χ1v) is 7.22. The van der Waals surface area contributed by atoms with E-state index in [2.05, 4.69) is 15.3 Å². The summed E-state index contributed by atoms with van der Waals surface area (Å²) in [6.07, 6.45) is 7.72. The van der Waals surface area contributed by atoms with Crippen LogP contribution in [0.2, 0.25) is 0 Å². The fourth-order valence-corrected chi connectivity index (χ4v) is 3.39. The molecule has 0 bridgehead atoms. The van der Waals surface area contributed by atoms with Crippen LogP contribution in [-0.4, -0.2) is 46.3 Å². The molecule has 1 aromatic rings. The topological polar surface area (TPSA) is 50.2 Å². The van der Waals surface area contributed by atoms with Crippen LogP contribution in [-0.2, 0) is 18.3 Å². The summed E-state index contributed by atoms with van der Waals surface area (Å²) in [5, 5.41) is 7.63. The predicted molar refractivity (Wildman–Crippen MR) is 72.6 cm³/mol. The maximum absolute atomic E-state index is 12.2. The molecule has 1 amide bonds. The minimum atomic E-state index is 0.340. The zero-order valence-electron chi connectivity index (χ0n) is 11.5. The highest BCUT2D eigenvalue weighted by Crippen LogP contribution is 2.28. The van der Waals surface area contributed by atoms with Crippen molar-refractivity contribution in [2.45, 2.75) is 31.7 Å². The average Bonchev–Trinajstić information content (AvgIpc) is 2.83. The van der Waals surface area contributed by atoms with E-state index in [0.717, 1.165) is 45.3 Å². The molecule has 2 aliphatic rings. The molecule has 0 radical (unpaired) electrons. The van der Waals surface area contributed by atoms with E-state index < -0.39 is 0 Å². The number of carbonyl (C=O) groups excluding carboxylic acids is 1. The molecule has 3 heterocycles. The lowest BCUT2D eigenvalue weighted by Crippen LogP contribution is -2.55. The van der Waals surface area contributed by atoms with E-state index in [-0.39, 0.29) is 0 Å². The first-order chi connectivity index (χ1) is 9.24. The van der Waals surface area contributed by atoms with Gasteiger partial charge < -0.3 is 10.2 Å². The van der Waals surface area contributed by atoms with Crippen LogP contribution in [0.4, 0.5) is 0 Å². The van der Waals surface area contributed by atoms with Crippen molar-refractivity contribution >= 4 is 5.91 Å². The van der Waals surface area contributed by atoms with Crippen LogP contribution in [0.15, 0.2) is 12.4 Å². The summed E-state index contributed by atoms with van der Waals surface area (Å²) in [6.45, 7) is 2.95. The van der Waals surface area contributed by atoms with Crippen molar-refractivity contribution in [1.82, 2.24) is 20.0 Å². The van der Waals surface area contributed by atoms with Crippen LogP contribution in [0.25, 0.3) is 0 Å². The van der Waals surface area contributed by atoms with Gasteiger partial charge >= 0.3 is 0 Å². The Morgan fingerprint density at radius 2 is 2.37 bits per heavy atom. The van der Waals surface area contributed by atoms with Gasteiger partial charge in [0.1, 0.15) is 0 Å². The molecular formula is C14H22N4O. The van der Waals surface area contributed by atoms with Gasteiger partial charge in [-0.25, -0.2) is 0 Å². The second kappa shape index (κ2) is 5.33. The van der Waals surface area contributed by atoms with Crippen LogP contribution in [0.5, 0.6) is 0 Å². The number of carbonyl (C=O) groups is 1. The maximum Gasteiger partial charge on any atom is 0.222 e. The molecule has 19 heavy (non-hydrogen) atoms. The highest BCUT2D eigenvalue weighted by Gasteiger charge is 2.36. The molecule has 3 rings (SSSR count). The van der Waals surface area contributed by atoms with Gasteiger partial charge in [0.2, 0.25) is 5.91 Å². The first kappa shape index (κ1) is 12.7. The van der Waals surface area contributed by atoms with E-state index >= 15 is 0 Å². The smallest absolute Gasteiger partial charge is 0.222 e. The summed E-state index contributed by atoms with van der Waals surface area (Å²) in [5.41, 5.74) is 1.21. The average molecular weight is 262 g/mol. The van der Waals surface area contributed by atoms with Gasteiger partial charge in [-0.05, 0) is 43.8 Å². The van der Waals surface area contributed by atoms with Crippen molar-refractivity contribution in [3.05, 3.63) is 18.0 Å². The Morgan fingerprint density at radius 3 is 3.16 bits per heavy atom. The number of aromatic nitrogens is 2. The van der Waals surface area contributed by atoms with Gasteiger partial charge in [0.25, 0.3) is 0 Å². The second-order valence-electron chi connectivity index (χ2n) is 5.72. The monoisotopic (exact) mass is 262 g/mol.